The molecule has 0 bridgehead atoms. The van der Waals surface area contributed by atoms with E-state index in [9.17, 15) is 4.79 Å². The zero-order valence-corrected chi connectivity index (χ0v) is 9.95. The molecule has 1 aromatic carbocycles. The number of carboxylic acids is 1. The number of carboxylic acid groups (broad SMARTS) is 1. The van der Waals surface area contributed by atoms with Crippen LogP contribution in [0.25, 0.3) is 11.4 Å². The summed E-state index contributed by atoms with van der Waals surface area (Å²) in [6.45, 7) is 0. The number of nitrogens with one attached hydrogen (secondary N) is 1. The Morgan fingerprint density at radius 3 is 2.88 bits per heavy atom. The number of thiol groups is 1. The summed E-state index contributed by atoms with van der Waals surface area (Å²) >= 11 is 4.14. The van der Waals surface area contributed by atoms with Crippen LogP contribution in [0.2, 0.25) is 0 Å². The number of hydrogen-bond donors (Lipinski definition) is 3. The minimum absolute atomic E-state index is 0.249. The SMILES string of the molecule is O=C(O)c1ccccc1-c1ncc(CCS)[nH]1. The van der Waals surface area contributed by atoms with Crippen molar-refractivity contribution in [3.8, 4) is 11.4 Å². The minimum atomic E-state index is -0.951. The maximum Gasteiger partial charge on any atom is 0.336 e. The minimum Gasteiger partial charge on any atom is -0.478 e. The van der Waals surface area contributed by atoms with E-state index in [4.69, 9.17) is 5.11 Å². The van der Waals surface area contributed by atoms with Gasteiger partial charge in [-0.2, -0.15) is 12.6 Å². The zero-order chi connectivity index (χ0) is 12.3. The van der Waals surface area contributed by atoms with E-state index < -0.39 is 5.97 Å². The fraction of sp³-hybridized carbons (Fsp3) is 0.167. The fourth-order valence-electron chi connectivity index (χ4n) is 1.62. The first-order valence-electron chi connectivity index (χ1n) is 5.20. The Bertz CT molecular complexity index is 537. The molecule has 0 atom stereocenters. The van der Waals surface area contributed by atoms with E-state index in [2.05, 4.69) is 22.6 Å². The highest BCUT2D eigenvalue weighted by atomic mass is 32.1. The van der Waals surface area contributed by atoms with Crippen molar-refractivity contribution >= 4 is 18.6 Å². The van der Waals surface area contributed by atoms with Gasteiger partial charge < -0.3 is 10.1 Å². The lowest BCUT2D eigenvalue weighted by Gasteiger charge is -2.02. The summed E-state index contributed by atoms with van der Waals surface area (Å²) in [5.74, 6) is 0.356. The molecule has 0 aliphatic carbocycles. The van der Waals surface area contributed by atoms with Crippen molar-refractivity contribution in [2.24, 2.45) is 0 Å². The van der Waals surface area contributed by atoms with Crippen molar-refractivity contribution in [2.75, 3.05) is 5.75 Å². The first kappa shape index (κ1) is 11.7. The van der Waals surface area contributed by atoms with E-state index in [1.165, 1.54) is 0 Å². The number of imidazole rings is 1. The van der Waals surface area contributed by atoms with E-state index in [0.29, 0.717) is 11.4 Å². The number of aromatic nitrogens is 2. The third-order valence-electron chi connectivity index (χ3n) is 2.42. The largest absolute Gasteiger partial charge is 0.478 e. The number of aryl methyl sites for hydroxylation is 1. The first-order chi connectivity index (χ1) is 8.22. The quantitative estimate of drug-likeness (QED) is 0.727. The maximum absolute atomic E-state index is 11.1. The van der Waals surface area contributed by atoms with Crippen molar-refractivity contribution in [3.63, 3.8) is 0 Å². The van der Waals surface area contributed by atoms with Crippen molar-refractivity contribution in [1.82, 2.24) is 9.97 Å². The molecule has 0 unspecified atom stereocenters. The Morgan fingerprint density at radius 2 is 2.18 bits per heavy atom. The monoisotopic (exact) mass is 248 g/mol. The number of nitrogens with zero attached hydrogens (tertiary/aromatic N) is 1. The average Bonchev–Trinajstić information content (AvgIpc) is 2.78. The number of benzene rings is 1. The number of hydrogen-bond acceptors (Lipinski definition) is 3. The van der Waals surface area contributed by atoms with Crippen molar-refractivity contribution in [2.45, 2.75) is 6.42 Å². The summed E-state index contributed by atoms with van der Waals surface area (Å²) in [5.41, 5.74) is 1.81. The highest BCUT2D eigenvalue weighted by molar-refractivity contribution is 7.80. The lowest BCUT2D eigenvalue weighted by Crippen LogP contribution is -1.99. The number of rotatable bonds is 4. The second-order valence-corrected chi connectivity index (χ2v) is 4.03. The summed E-state index contributed by atoms with van der Waals surface area (Å²) in [6.07, 6.45) is 2.50. The van der Waals surface area contributed by atoms with Gasteiger partial charge in [0.15, 0.2) is 0 Å². The third kappa shape index (κ3) is 2.50. The van der Waals surface area contributed by atoms with Gasteiger partial charge in [0.2, 0.25) is 0 Å². The van der Waals surface area contributed by atoms with E-state index in [1.807, 2.05) is 0 Å². The van der Waals surface area contributed by atoms with Crippen LogP contribution in [0.15, 0.2) is 30.5 Å². The van der Waals surface area contributed by atoms with Crippen LogP contribution in [0.1, 0.15) is 16.1 Å². The van der Waals surface area contributed by atoms with Crippen LogP contribution >= 0.6 is 12.6 Å². The lowest BCUT2D eigenvalue weighted by atomic mass is 10.1. The second kappa shape index (κ2) is 5.05. The molecule has 2 N–H and O–H groups in total. The molecule has 2 rings (SSSR count). The lowest BCUT2D eigenvalue weighted by molar-refractivity contribution is 0.0697. The molecule has 1 aromatic heterocycles. The topological polar surface area (TPSA) is 66.0 Å². The van der Waals surface area contributed by atoms with E-state index in [-0.39, 0.29) is 5.56 Å². The molecule has 0 amide bonds. The van der Waals surface area contributed by atoms with E-state index >= 15 is 0 Å². The van der Waals surface area contributed by atoms with Gasteiger partial charge >= 0.3 is 5.97 Å². The van der Waals surface area contributed by atoms with Gasteiger partial charge in [-0.15, -0.1) is 0 Å². The summed E-state index contributed by atoms with van der Waals surface area (Å²) in [7, 11) is 0. The van der Waals surface area contributed by atoms with Gasteiger partial charge in [-0.25, -0.2) is 9.78 Å². The fourth-order valence-corrected chi connectivity index (χ4v) is 1.86. The van der Waals surface area contributed by atoms with Gasteiger partial charge in [0.05, 0.1) is 5.56 Å². The highest BCUT2D eigenvalue weighted by Gasteiger charge is 2.12. The predicted octanol–water partition coefficient (Wildman–Crippen LogP) is 2.25. The van der Waals surface area contributed by atoms with Crippen LogP contribution in [-0.2, 0) is 6.42 Å². The molecule has 0 saturated carbocycles. The van der Waals surface area contributed by atoms with Gasteiger partial charge in [0, 0.05) is 17.5 Å². The Kier molecular flexibility index (Phi) is 3.49. The molecule has 17 heavy (non-hydrogen) atoms. The van der Waals surface area contributed by atoms with Gasteiger partial charge in [-0.3, -0.25) is 0 Å². The molecule has 4 nitrogen and oxygen atoms in total. The molecule has 5 heteroatoms. The van der Waals surface area contributed by atoms with Crippen LogP contribution < -0.4 is 0 Å². The number of H-pyrrole nitrogens is 1. The van der Waals surface area contributed by atoms with Crippen molar-refractivity contribution in [3.05, 3.63) is 41.7 Å². The van der Waals surface area contributed by atoms with Crippen LogP contribution in [-0.4, -0.2) is 26.8 Å². The van der Waals surface area contributed by atoms with Crippen LogP contribution in [0.4, 0.5) is 0 Å². The Morgan fingerprint density at radius 1 is 1.41 bits per heavy atom. The summed E-state index contributed by atoms with van der Waals surface area (Å²) in [6, 6.07) is 6.80. The normalized spacial score (nSPS) is 10.4. The van der Waals surface area contributed by atoms with Gasteiger partial charge in [-0.1, -0.05) is 18.2 Å². The molecule has 1 heterocycles. The van der Waals surface area contributed by atoms with Gasteiger partial charge in [0.1, 0.15) is 5.82 Å². The van der Waals surface area contributed by atoms with E-state index in [1.54, 1.807) is 30.5 Å². The van der Waals surface area contributed by atoms with Crippen molar-refractivity contribution in [1.29, 1.82) is 0 Å². The Balaban J connectivity index is 2.41. The molecule has 0 radical (unpaired) electrons. The standard InChI is InChI=1S/C12H12N2O2S/c15-12(16)10-4-2-1-3-9(10)11-13-7-8(14-11)5-6-17/h1-4,7,17H,5-6H2,(H,13,14)(H,15,16). The molecule has 0 saturated heterocycles. The molecule has 0 aliphatic heterocycles. The number of aromatic carboxylic acids is 1. The van der Waals surface area contributed by atoms with Crippen molar-refractivity contribution < 1.29 is 9.90 Å². The molecular formula is C12H12N2O2S. The van der Waals surface area contributed by atoms with Crippen LogP contribution in [0, 0.1) is 0 Å². The molecule has 2 aromatic rings. The highest BCUT2D eigenvalue weighted by Crippen LogP contribution is 2.20. The maximum atomic E-state index is 11.1. The van der Waals surface area contributed by atoms with Gasteiger partial charge in [-0.05, 0) is 18.2 Å². The predicted molar refractivity (Wildman–Crippen MR) is 68.5 cm³/mol. The molecule has 0 aliphatic rings. The summed E-state index contributed by atoms with van der Waals surface area (Å²) in [5, 5.41) is 9.08. The Hall–Kier alpha value is -1.75. The van der Waals surface area contributed by atoms with Crippen LogP contribution in [0.3, 0.4) is 0 Å². The summed E-state index contributed by atoms with van der Waals surface area (Å²) < 4.78 is 0. The van der Waals surface area contributed by atoms with Gasteiger partial charge in [0.25, 0.3) is 0 Å². The summed E-state index contributed by atoms with van der Waals surface area (Å²) in [4.78, 5) is 18.4. The first-order valence-corrected chi connectivity index (χ1v) is 5.83. The second-order valence-electron chi connectivity index (χ2n) is 3.58. The Labute approximate surface area is 104 Å². The number of carbonyl (C=O) groups is 1. The smallest absolute Gasteiger partial charge is 0.336 e. The molecular weight excluding hydrogens is 236 g/mol. The molecule has 0 fully saturated rings. The van der Waals surface area contributed by atoms with E-state index in [0.717, 1.165) is 17.9 Å². The third-order valence-corrected chi connectivity index (χ3v) is 2.65. The van der Waals surface area contributed by atoms with Crippen LogP contribution in [0.5, 0.6) is 0 Å². The average molecular weight is 248 g/mol. The number of aromatic amines is 1. The molecule has 88 valence electrons. The molecule has 0 spiro atoms. The zero-order valence-electron chi connectivity index (χ0n) is 9.05.